The van der Waals surface area contributed by atoms with Crippen molar-refractivity contribution in [3.05, 3.63) is 29.6 Å². The van der Waals surface area contributed by atoms with Gasteiger partial charge >= 0.3 is 11.9 Å². The topological polar surface area (TPSA) is 87.5 Å². The Bertz CT molecular complexity index is 389. The molecule has 5 heteroatoms. The highest BCUT2D eigenvalue weighted by Crippen LogP contribution is 2.18. The van der Waals surface area contributed by atoms with Gasteiger partial charge in [-0.15, -0.1) is 0 Å². The average molecular weight is 209 g/mol. The molecule has 1 unspecified atom stereocenters. The first-order valence-electron chi connectivity index (χ1n) is 4.39. The Balaban J connectivity index is 2.98. The second-order valence-corrected chi connectivity index (χ2v) is 3.19. The summed E-state index contributed by atoms with van der Waals surface area (Å²) in [6.07, 6.45) is -0.453. The third-order valence-electron chi connectivity index (χ3n) is 1.94. The lowest BCUT2D eigenvalue weighted by molar-refractivity contribution is -0.145. The molecule has 1 aromatic rings. The minimum atomic E-state index is -1.17. The van der Waals surface area contributed by atoms with Gasteiger partial charge in [0.05, 0.1) is 12.1 Å². The summed E-state index contributed by atoms with van der Waals surface area (Å²) in [6.45, 7) is 1.73. The van der Waals surface area contributed by atoms with Crippen molar-refractivity contribution in [3.63, 3.8) is 0 Å². The fourth-order valence-electron chi connectivity index (χ4n) is 1.25. The van der Waals surface area contributed by atoms with E-state index >= 15 is 0 Å². The number of carbonyl (C=O) groups is 2. The van der Waals surface area contributed by atoms with Crippen LogP contribution >= 0.6 is 0 Å². The van der Waals surface area contributed by atoms with Gasteiger partial charge in [0.15, 0.2) is 0 Å². The van der Waals surface area contributed by atoms with Gasteiger partial charge in [0.1, 0.15) is 5.92 Å². The summed E-state index contributed by atoms with van der Waals surface area (Å²) in [6, 6.07) is 4.91. The molecule has 0 aliphatic heterocycles. The van der Waals surface area contributed by atoms with Crippen molar-refractivity contribution < 1.29 is 19.8 Å². The van der Waals surface area contributed by atoms with Crippen LogP contribution in [0.2, 0.25) is 0 Å². The fraction of sp³-hybridized carbons (Fsp3) is 0.300. The summed E-state index contributed by atoms with van der Waals surface area (Å²) < 4.78 is 0. The van der Waals surface area contributed by atoms with Crippen LogP contribution in [0.3, 0.4) is 0 Å². The second-order valence-electron chi connectivity index (χ2n) is 3.19. The highest BCUT2D eigenvalue weighted by atomic mass is 16.4. The van der Waals surface area contributed by atoms with E-state index < -0.39 is 24.3 Å². The minimum absolute atomic E-state index is 0.282. The molecule has 0 aliphatic carbocycles. The standard InChI is InChI=1S/C10H11NO4/c1-6-3-2-4-8(11-6)7(10(14)15)5-9(12)13/h2-4,7H,5H2,1H3,(H,12,13)(H,14,15). The lowest BCUT2D eigenvalue weighted by atomic mass is 10.0. The lowest BCUT2D eigenvalue weighted by Crippen LogP contribution is -2.17. The summed E-state index contributed by atoms with van der Waals surface area (Å²) in [5, 5.41) is 17.4. The molecule has 0 saturated carbocycles. The molecule has 0 bridgehead atoms. The van der Waals surface area contributed by atoms with Crippen LogP contribution in [-0.2, 0) is 9.59 Å². The van der Waals surface area contributed by atoms with Crippen LogP contribution in [0.1, 0.15) is 23.7 Å². The molecular weight excluding hydrogens is 198 g/mol. The summed E-state index contributed by atoms with van der Waals surface area (Å²) in [7, 11) is 0. The van der Waals surface area contributed by atoms with Crippen molar-refractivity contribution >= 4 is 11.9 Å². The molecule has 0 amide bonds. The molecule has 0 radical (unpaired) electrons. The lowest BCUT2D eigenvalue weighted by Gasteiger charge is -2.09. The van der Waals surface area contributed by atoms with E-state index in [4.69, 9.17) is 10.2 Å². The molecule has 80 valence electrons. The van der Waals surface area contributed by atoms with E-state index in [1.165, 1.54) is 6.07 Å². The first-order valence-corrected chi connectivity index (χ1v) is 4.39. The number of hydrogen-bond donors (Lipinski definition) is 2. The maximum absolute atomic E-state index is 10.8. The third kappa shape index (κ3) is 3.05. The predicted octanol–water partition coefficient (Wildman–Crippen LogP) is 1.03. The number of aromatic nitrogens is 1. The van der Waals surface area contributed by atoms with Crippen molar-refractivity contribution in [2.45, 2.75) is 19.3 Å². The van der Waals surface area contributed by atoms with Gasteiger partial charge in [-0.05, 0) is 19.1 Å². The molecule has 15 heavy (non-hydrogen) atoms. The zero-order valence-electron chi connectivity index (χ0n) is 8.17. The van der Waals surface area contributed by atoms with Crippen LogP contribution in [-0.4, -0.2) is 27.1 Å². The van der Waals surface area contributed by atoms with Crippen LogP contribution < -0.4 is 0 Å². The number of carboxylic acids is 2. The Hall–Kier alpha value is -1.91. The number of pyridine rings is 1. The van der Waals surface area contributed by atoms with Crippen molar-refractivity contribution in [1.29, 1.82) is 0 Å². The van der Waals surface area contributed by atoms with Crippen molar-refractivity contribution in [1.82, 2.24) is 4.98 Å². The highest BCUT2D eigenvalue weighted by molar-refractivity contribution is 5.81. The molecule has 2 N–H and O–H groups in total. The molecule has 1 atom stereocenters. The van der Waals surface area contributed by atoms with Crippen LogP contribution in [0, 0.1) is 6.92 Å². The maximum Gasteiger partial charge on any atom is 0.313 e. The fourth-order valence-corrected chi connectivity index (χ4v) is 1.25. The molecule has 0 saturated heterocycles. The largest absolute Gasteiger partial charge is 0.481 e. The number of nitrogens with zero attached hydrogens (tertiary/aromatic N) is 1. The summed E-state index contributed by atoms with van der Waals surface area (Å²) in [4.78, 5) is 25.3. The Morgan fingerprint density at radius 2 is 2.07 bits per heavy atom. The van der Waals surface area contributed by atoms with Crippen LogP contribution in [0.4, 0.5) is 0 Å². The quantitative estimate of drug-likeness (QED) is 0.773. The van der Waals surface area contributed by atoms with Gasteiger partial charge in [-0.25, -0.2) is 0 Å². The molecule has 5 nitrogen and oxygen atoms in total. The summed E-state index contributed by atoms with van der Waals surface area (Å²) in [5.41, 5.74) is 0.953. The van der Waals surface area contributed by atoms with Gasteiger partial charge in [-0.2, -0.15) is 0 Å². The zero-order valence-corrected chi connectivity index (χ0v) is 8.17. The number of aliphatic carboxylic acids is 2. The summed E-state index contributed by atoms with van der Waals surface area (Å²) >= 11 is 0. The van der Waals surface area contributed by atoms with E-state index in [0.29, 0.717) is 5.69 Å². The Morgan fingerprint density at radius 3 is 2.53 bits per heavy atom. The van der Waals surface area contributed by atoms with E-state index in [0.717, 1.165) is 0 Å². The van der Waals surface area contributed by atoms with Crippen molar-refractivity contribution in [2.75, 3.05) is 0 Å². The normalized spacial score (nSPS) is 12.1. The number of rotatable bonds is 4. The summed E-state index contributed by atoms with van der Waals surface area (Å²) in [5.74, 6) is -3.40. The predicted molar refractivity (Wildman–Crippen MR) is 51.6 cm³/mol. The average Bonchev–Trinajstić information content (AvgIpc) is 2.13. The molecule has 1 rings (SSSR count). The number of hydrogen-bond acceptors (Lipinski definition) is 3. The molecule has 0 spiro atoms. The van der Waals surface area contributed by atoms with Gasteiger partial charge in [-0.1, -0.05) is 6.07 Å². The van der Waals surface area contributed by atoms with Gasteiger partial charge in [0.2, 0.25) is 0 Å². The van der Waals surface area contributed by atoms with Gasteiger partial charge < -0.3 is 10.2 Å². The van der Waals surface area contributed by atoms with Crippen LogP contribution in [0.5, 0.6) is 0 Å². The second kappa shape index (κ2) is 4.54. The molecular formula is C10H11NO4. The van der Waals surface area contributed by atoms with E-state index in [9.17, 15) is 9.59 Å². The van der Waals surface area contributed by atoms with Crippen molar-refractivity contribution in [3.8, 4) is 0 Å². The van der Waals surface area contributed by atoms with E-state index in [1.54, 1.807) is 19.1 Å². The van der Waals surface area contributed by atoms with Crippen LogP contribution in [0.15, 0.2) is 18.2 Å². The zero-order chi connectivity index (χ0) is 11.4. The number of carboxylic acid groups (broad SMARTS) is 2. The number of aryl methyl sites for hydroxylation is 1. The molecule has 0 fully saturated rings. The SMILES string of the molecule is Cc1cccc(C(CC(=O)O)C(=O)O)n1. The van der Waals surface area contributed by atoms with Gasteiger partial charge in [0.25, 0.3) is 0 Å². The third-order valence-corrected chi connectivity index (χ3v) is 1.94. The van der Waals surface area contributed by atoms with E-state index in [1.807, 2.05) is 0 Å². The van der Waals surface area contributed by atoms with Crippen molar-refractivity contribution in [2.24, 2.45) is 0 Å². The molecule has 0 aliphatic rings. The highest BCUT2D eigenvalue weighted by Gasteiger charge is 2.24. The Morgan fingerprint density at radius 1 is 1.40 bits per heavy atom. The molecule has 1 heterocycles. The molecule has 0 aromatic carbocycles. The van der Waals surface area contributed by atoms with Gasteiger partial charge in [-0.3, -0.25) is 14.6 Å². The first kappa shape index (κ1) is 11.2. The Kier molecular flexibility index (Phi) is 3.38. The van der Waals surface area contributed by atoms with Gasteiger partial charge in [0, 0.05) is 5.69 Å². The van der Waals surface area contributed by atoms with Crippen LogP contribution in [0.25, 0.3) is 0 Å². The molecule has 1 aromatic heterocycles. The smallest absolute Gasteiger partial charge is 0.313 e. The van der Waals surface area contributed by atoms with E-state index in [2.05, 4.69) is 4.98 Å². The Labute approximate surface area is 86.4 Å². The first-order chi connectivity index (χ1) is 7.00. The minimum Gasteiger partial charge on any atom is -0.481 e. The monoisotopic (exact) mass is 209 g/mol. The maximum atomic E-state index is 10.8. The van der Waals surface area contributed by atoms with E-state index in [-0.39, 0.29) is 5.69 Å².